The van der Waals surface area contributed by atoms with Gasteiger partial charge in [-0.3, -0.25) is 18.9 Å². The lowest BCUT2D eigenvalue weighted by atomic mass is 10.1. The average Bonchev–Trinajstić information content (AvgIpc) is 2.91. The lowest BCUT2D eigenvalue weighted by Crippen LogP contribution is -2.39. The molecule has 6 N–H and O–H groups in total. The molecule has 17 nitrogen and oxygen atoms in total. The molecule has 2 rings (SSSR count). The normalized spacial score (nSPS) is 27.7. The van der Waals surface area contributed by atoms with E-state index in [1.54, 1.807) is 6.26 Å². The van der Waals surface area contributed by atoms with Crippen molar-refractivity contribution < 1.29 is 61.0 Å². The Morgan fingerprint density at radius 3 is 2.38 bits per heavy atom. The molecule has 1 fully saturated rings. The van der Waals surface area contributed by atoms with E-state index in [-0.39, 0.29) is 5.94 Å². The van der Waals surface area contributed by atoms with Crippen LogP contribution in [0.25, 0.3) is 0 Å². The van der Waals surface area contributed by atoms with Crippen molar-refractivity contribution in [2.24, 2.45) is 0 Å². The highest BCUT2D eigenvalue weighted by molar-refractivity contribution is 7.98. The smallest absolute Gasteiger partial charge is 0.387 e. The second-order valence-electron chi connectivity index (χ2n) is 6.00. The van der Waals surface area contributed by atoms with Crippen LogP contribution in [0.3, 0.4) is 0 Å². The molecule has 2 heterocycles. The summed E-state index contributed by atoms with van der Waals surface area (Å²) in [6.45, 7) is -0.960. The summed E-state index contributed by atoms with van der Waals surface area (Å²) in [4.78, 5) is 61.0. The van der Waals surface area contributed by atoms with E-state index in [2.05, 4.69) is 13.1 Å². The number of H-pyrrole nitrogens is 1. The summed E-state index contributed by atoms with van der Waals surface area (Å²) in [6.07, 6.45) is -2.78. The molecule has 1 aromatic heterocycles. The van der Waals surface area contributed by atoms with Crippen LogP contribution in [-0.4, -0.2) is 71.3 Å². The zero-order chi connectivity index (χ0) is 24.3. The summed E-state index contributed by atoms with van der Waals surface area (Å²) in [7, 11) is -16.7. The molecule has 184 valence electrons. The Kier molecular flexibility index (Phi) is 9.23. The van der Waals surface area contributed by atoms with Gasteiger partial charge in [-0.05, 0) is 6.26 Å². The molecule has 0 amide bonds. The quantitative estimate of drug-likeness (QED) is 0.142. The lowest BCUT2D eigenvalue weighted by molar-refractivity contribution is -0.0644. The van der Waals surface area contributed by atoms with E-state index in [0.717, 1.165) is 16.8 Å². The van der Waals surface area contributed by atoms with E-state index >= 15 is 0 Å². The van der Waals surface area contributed by atoms with Crippen molar-refractivity contribution in [2.75, 3.05) is 18.8 Å². The largest absolute Gasteiger partial charge is 0.490 e. The van der Waals surface area contributed by atoms with Crippen molar-refractivity contribution in [3.05, 3.63) is 33.1 Å². The predicted octanol–water partition coefficient (Wildman–Crippen LogP) is -1.16. The first kappa shape index (κ1) is 27.6. The van der Waals surface area contributed by atoms with Gasteiger partial charge in [0, 0.05) is 12.3 Å². The average molecular weight is 544 g/mol. The Bertz CT molecular complexity index is 1050. The van der Waals surface area contributed by atoms with Crippen LogP contribution in [0.4, 0.5) is 0 Å². The monoisotopic (exact) mass is 544 g/mol. The van der Waals surface area contributed by atoms with Crippen molar-refractivity contribution in [3.8, 4) is 0 Å². The molecule has 0 aliphatic carbocycles. The number of aromatic amines is 1. The summed E-state index contributed by atoms with van der Waals surface area (Å²) in [5, 5.41) is 10.5. The molecular formula is C11H19N2O15P3S. The third-order valence-corrected chi connectivity index (χ3v) is 7.81. The first-order valence-electron chi connectivity index (χ1n) is 8.18. The number of ether oxygens (including phenoxy) is 2. The van der Waals surface area contributed by atoms with Crippen LogP contribution in [0.15, 0.2) is 21.9 Å². The Morgan fingerprint density at radius 2 is 1.81 bits per heavy atom. The van der Waals surface area contributed by atoms with E-state index < -0.39 is 65.9 Å². The minimum atomic E-state index is -5.72. The van der Waals surface area contributed by atoms with Gasteiger partial charge in [-0.15, -0.1) is 11.8 Å². The Hall–Kier alpha value is -0.680. The maximum atomic E-state index is 12.1. The molecule has 1 aliphatic rings. The fourth-order valence-electron chi connectivity index (χ4n) is 2.51. The van der Waals surface area contributed by atoms with Gasteiger partial charge < -0.3 is 34.2 Å². The Balaban J connectivity index is 2.15. The third kappa shape index (κ3) is 7.97. The number of hydrogen-bond acceptors (Lipinski definition) is 12. The van der Waals surface area contributed by atoms with Crippen LogP contribution in [-0.2, 0) is 36.3 Å². The SMILES string of the molecule is CSCO[C@@H]1[C@H](O)[C@@H](COP(=O)(O)OP(=O)(O)OP(=O)(O)O)O[C@H]1n1ccc(=O)[nH]c1=O. The second kappa shape index (κ2) is 10.7. The minimum Gasteiger partial charge on any atom is -0.387 e. The number of nitrogens with zero attached hydrogens (tertiary/aromatic N) is 1. The lowest BCUT2D eigenvalue weighted by Gasteiger charge is -2.21. The maximum Gasteiger partial charge on any atom is 0.490 e. The fourth-order valence-corrected chi connectivity index (χ4v) is 5.83. The molecule has 0 aromatic carbocycles. The van der Waals surface area contributed by atoms with Crippen molar-refractivity contribution in [3.63, 3.8) is 0 Å². The Morgan fingerprint density at radius 1 is 1.16 bits per heavy atom. The van der Waals surface area contributed by atoms with Crippen LogP contribution in [0, 0.1) is 0 Å². The summed E-state index contributed by atoms with van der Waals surface area (Å²) in [6, 6.07) is 1.00. The van der Waals surface area contributed by atoms with Gasteiger partial charge in [-0.2, -0.15) is 8.62 Å². The predicted molar refractivity (Wildman–Crippen MR) is 104 cm³/mol. The van der Waals surface area contributed by atoms with Crippen molar-refractivity contribution in [2.45, 2.75) is 24.5 Å². The molecule has 21 heteroatoms. The highest BCUT2D eigenvalue weighted by Crippen LogP contribution is 2.66. The third-order valence-electron chi connectivity index (χ3n) is 3.63. The first-order valence-corrected chi connectivity index (χ1v) is 14.1. The summed E-state index contributed by atoms with van der Waals surface area (Å²) >= 11 is 1.22. The topological polar surface area (TPSA) is 253 Å². The number of rotatable bonds is 11. The number of aliphatic hydroxyl groups excluding tert-OH is 1. The molecule has 1 aliphatic heterocycles. The zero-order valence-electron chi connectivity index (χ0n) is 15.9. The van der Waals surface area contributed by atoms with Crippen LogP contribution in [0.2, 0.25) is 0 Å². The van der Waals surface area contributed by atoms with Crippen LogP contribution < -0.4 is 11.2 Å². The molecule has 32 heavy (non-hydrogen) atoms. The van der Waals surface area contributed by atoms with Gasteiger partial charge >= 0.3 is 29.2 Å². The number of nitrogens with one attached hydrogen (secondary N) is 1. The maximum absolute atomic E-state index is 12.1. The zero-order valence-corrected chi connectivity index (χ0v) is 19.4. The van der Waals surface area contributed by atoms with Gasteiger partial charge in [0.05, 0.1) is 12.5 Å². The van der Waals surface area contributed by atoms with Crippen molar-refractivity contribution in [1.82, 2.24) is 9.55 Å². The Labute approximate surface area is 182 Å². The molecule has 1 aromatic rings. The number of thioether (sulfide) groups is 1. The van der Waals surface area contributed by atoms with E-state index in [9.17, 15) is 33.3 Å². The number of aromatic nitrogens is 2. The van der Waals surface area contributed by atoms with Crippen molar-refractivity contribution >= 4 is 35.2 Å². The van der Waals surface area contributed by atoms with Gasteiger partial charge in [0.2, 0.25) is 0 Å². The molecule has 0 radical (unpaired) electrons. The highest BCUT2D eigenvalue weighted by atomic mass is 32.2. The van der Waals surface area contributed by atoms with E-state index in [4.69, 9.17) is 24.2 Å². The standard InChI is InChI=1S/C11H19N2O15P3S/c1-32-5-24-9-8(15)6(26-10(9)13-3-2-7(14)12-11(13)16)4-25-30(20,21)28-31(22,23)27-29(17,18)19/h2-3,6,8-10,15H,4-5H2,1H3,(H,20,21)(H,22,23)(H,12,14,16)(H2,17,18,19)/t6-,8-,9-,10-/m1/s1. The summed E-state index contributed by atoms with van der Waals surface area (Å²) < 4.78 is 57.3. The van der Waals surface area contributed by atoms with Gasteiger partial charge in [0.15, 0.2) is 6.23 Å². The highest BCUT2D eigenvalue weighted by Gasteiger charge is 2.48. The summed E-state index contributed by atoms with van der Waals surface area (Å²) in [5.41, 5.74) is -1.60. The van der Waals surface area contributed by atoms with Gasteiger partial charge in [-0.1, -0.05) is 0 Å². The van der Waals surface area contributed by atoms with E-state index in [1.807, 2.05) is 4.98 Å². The number of aliphatic hydroxyl groups is 1. The van der Waals surface area contributed by atoms with Crippen LogP contribution in [0.5, 0.6) is 0 Å². The first-order chi connectivity index (χ1) is 14.6. The van der Waals surface area contributed by atoms with Crippen LogP contribution >= 0.6 is 35.2 Å². The molecule has 1 saturated heterocycles. The molecule has 0 spiro atoms. The summed E-state index contributed by atoms with van der Waals surface area (Å²) in [5.74, 6) is 0.0439. The second-order valence-corrected chi connectivity index (χ2v) is 11.2. The number of phosphoric acid groups is 3. The molecule has 2 unspecified atom stereocenters. The number of hydrogen-bond donors (Lipinski definition) is 6. The molecular weight excluding hydrogens is 525 g/mol. The molecule has 0 saturated carbocycles. The fraction of sp³-hybridized carbons (Fsp3) is 0.636. The number of phosphoric ester groups is 1. The van der Waals surface area contributed by atoms with Gasteiger partial charge in [0.25, 0.3) is 5.56 Å². The minimum absolute atomic E-state index is 0.0439. The van der Waals surface area contributed by atoms with E-state index in [1.165, 1.54) is 11.8 Å². The molecule has 0 bridgehead atoms. The van der Waals surface area contributed by atoms with Crippen molar-refractivity contribution in [1.29, 1.82) is 0 Å². The molecule has 6 atom stereocenters. The van der Waals surface area contributed by atoms with Gasteiger partial charge in [-0.25, -0.2) is 18.5 Å². The van der Waals surface area contributed by atoms with E-state index in [0.29, 0.717) is 0 Å². The van der Waals surface area contributed by atoms with Gasteiger partial charge in [0.1, 0.15) is 18.3 Å². The van der Waals surface area contributed by atoms with Crippen LogP contribution in [0.1, 0.15) is 6.23 Å².